The number of hydrogen-bond donors (Lipinski definition) is 3. The van der Waals surface area contributed by atoms with Gasteiger partial charge in [-0.05, 0) is 86.9 Å². The fourth-order valence-electron chi connectivity index (χ4n) is 6.31. The predicted molar refractivity (Wildman–Crippen MR) is 186 cm³/mol. The molecular formula is C37H44N2OS2. The highest BCUT2D eigenvalue weighted by molar-refractivity contribution is 7.86. The molecule has 1 N–H and O–H groups in total. The number of thiol groups is 2. The second kappa shape index (κ2) is 14.0. The summed E-state index contributed by atoms with van der Waals surface area (Å²) in [6.45, 7) is 9.55. The van der Waals surface area contributed by atoms with Crippen LogP contribution in [0.3, 0.4) is 0 Å². The molecule has 2 unspecified atom stereocenters. The topological polar surface area (TPSA) is 24.5 Å². The van der Waals surface area contributed by atoms with Gasteiger partial charge in [-0.1, -0.05) is 94.0 Å². The number of rotatable bonds is 11. The molecule has 0 aromatic heterocycles. The van der Waals surface area contributed by atoms with Crippen LogP contribution in [-0.4, -0.2) is 13.6 Å². The molecule has 0 amide bonds. The Morgan fingerprint density at radius 3 is 2.19 bits per heavy atom. The van der Waals surface area contributed by atoms with Gasteiger partial charge in [-0.15, -0.1) is 25.3 Å². The lowest BCUT2D eigenvalue weighted by molar-refractivity contribution is 0.274. The summed E-state index contributed by atoms with van der Waals surface area (Å²) in [6, 6.07) is 26.7. The van der Waals surface area contributed by atoms with E-state index in [-0.39, 0.29) is 5.92 Å². The molecule has 42 heavy (non-hydrogen) atoms. The van der Waals surface area contributed by atoms with Gasteiger partial charge >= 0.3 is 0 Å². The Kier molecular flexibility index (Phi) is 10.1. The quantitative estimate of drug-likeness (QED) is 0.117. The molecule has 1 saturated carbocycles. The van der Waals surface area contributed by atoms with E-state index in [1.54, 1.807) is 0 Å². The Bertz CT molecular complexity index is 1440. The van der Waals surface area contributed by atoms with E-state index in [0.29, 0.717) is 23.5 Å². The maximum absolute atomic E-state index is 5.86. The SMILES string of the molecule is C=C(CCN(C)c1cccc(C2CCCCC2c2cccc(C(C)C)c2)c1)ONc1cccc(C2C(S)=CC=C2S)c1. The van der Waals surface area contributed by atoms with Crippen molar-refractivity contribution in [3.8, 4) is 0 Å². The van der Waals surface area contributed by atoms with Gasteiger partial charge in [0.15, 0.2) is 0 Å². The van der Waals surface area contributed by atoms with Crippen LogP contribution >= 0.6 is 25.3 Å². The van der Waals surface area contributed by atoms with Crippen LogP contribution in [0, 0.1) is 0 Å². The first kappa shape index (κ1) is 30.4. The molecule has 2 aliphatic rings. The lowest BCUT2D eigenvalue weighted by atomic mass is 9.72. The number of allylic oxidation sites excluding steroid dienone is 4. The maximum Gasteiger partial charge on any atom is 0.126 e. The highest BCUT2D eigenvalue weighted by Crippen LogP contribution is 2.45. The molecule has 0 bridgehead atoms. The first-order valence-corrected chi connectivity index (χ1v) is 16.1. The van der Waals surface area contributed by atoms with Crippen LogP contribution in [0.1, 0.15) is 91.9 Å². The molecule has 0 saturated heterocycles. The van der Waals surface area contributed by atoms with Crippen molar-refractivity contribution in [3.05, 3.63) is 129 Å². The zero-order chi connectivity index (χ0) is 29.6. The van der Waals surface area contributed by atoms with Crippen LogP contribution in [0.25, 0.3) is 0 Å². The zero-order valence-electron chi connectivity index (χ0n) is 25.1. The molecule has 0 spiro atoms. The Morgan fingerprint density at radius 2 is 1.50 bits per heavy atom. The summed E-state index contributed by atoms with van der Waals surface area (Å²) in [5.41, 5.74) is 10.7. The molecule has 2 atom stereocenters. The summed E-state index contributed by atoms with van der Waals surface area (Å²) in [7, 11) is 2.15. The van der Waals surface area contributed by atoms with Crippen molar-refractivity contribution in [2.24, 2.45) is 0 Å². The second-order valence-corrected chi connectivity index (χ2v) is 13.1. The van der Waals surface area contributed by atoms with Gasteiger partial charge in [-0.3, -0.25) is 0 Å². The summed E-state index contributed by atoms with van der Waals surface area (Å²) >= 11 is 9.22. The second-order valence-electron chi connectivity index (χ2n) is 12.1. The highest BCUT2D eigenvalue weighted by Gasteiger charge is 2.28. The van der Waals surface area contributed by atoms with Crippen LogP contribution in [-0.2, 0) is 4.84 Å². The zero-order valence-corrected chi connectivity index (χ0v) is 26.9. The van der Waals surface area contributed by atoms with Crippen LogP contribution < -0.4 is 10.4 Å². The van der Waals surface area contributed by atoms with Gasteiger partial charge in [0.1, 0.15) is 5.76 Å². The summed E-state index contributed by atoms with van der Waals surface area (Å²) in [6.07, 6.45) is 9.85. The highest BCUT2D eigenvalue weighted by atomic mass is 32.1. The van der Waals surface area contributed by atoms with Crippen LogP contribution in [0.5, 0.6) is 0 Å². The van der Waals surface area contributed by atoms with E-state index >= 15 is 0 Å². The Balaban J connectivity index is 1.18. The van der Waals surface area contributed by atoms with E-state index < -0.39 is 0 Å². The van der Waals surface area contributed by atoms with Crippen molar-refractivity contribution < 1.29 is 4.84 Å². The number of anilines is 2. The molecule has 0 heterocycles. The van der Waals surface area contributed by atoms with Crippen LogP contribution in [0.15, 0.2) is 107 Å². The fraction of sp³-hybridized carbons (Fsp3) is 0.351. The number of benzene rings is 3. The molecule has 1 fully saturated rings. The third-order valence-electron chi connectivity index (χ3n) is 8.79. The van der Waals surface area contributed by atoms with Gasteiger partial charge in [0.2, 0.25) is 0 Å². The van der Waals surface area contributed by atoms with Crippen molar-refractivity contribution in [3.63, 3.8) is 0 Å². The summed E-state index contributed by atoms with van der Waals surface area (Å²) in [4.78, 5) is 10.1. The number of nitrogens with zero attached hydrogens (tertiary/aromatic N) is 1. The average Bonchev–Trinajstić information content (AvgIpc) is 3.36. The van der Waals surface area contributed by atoms with Gasteiger partial charge in [0, 0.05) is 31.6 Å². The van der Waals surface area contributed by atoms with Gasteiger partial charge in [0.05, 0.1) is 5.69 Å². The summed E-state index contributed by atoms with van der Waals surface area (Å²) < 4.78 is 0. The van der Waals surface area contributed by atoms with E-state index in [9.17, 15) is 0 Å². The van der Waals surface area contributed by atoms with Gasteiger partial charge in [-0.2, -0.15) is 0 Å². The molecular weight excluding hydrogens is 553 g/mol. The van der Waals surface area contributed by atoms with Crippen molar-refractivity contribution >= 4 is 36.6 Å². The average molecular weight is 597 g/mol. The first-order valence-electron chi connectivity index (χ1n) is 15.2. The Morgan fingerprint density at radius 1 is 0.881 bits per heavy atom. The van der Waals surface area contributed by atoms with Crippen molar-refractivity contribution in [1.29, 1.82) is 0 Å². The van der Waals surface area contributed by atoms with Crippen LogP contribution in [0.2, 0.25) is 0 Å². The first-order chi connectivity index (χ1) is 20.3. The summed E-state index contributed by atoms with van der Waals surface area (Å²) in [5, 5.41) is 0. The molecule has 3 aromatic rings. The molecule has 5 heteroatoms. The smallest absolute Gasteiger partial charge is 0.126 e. The van der Waals surface area contributed by atoms with E-state index in [1.807, 2.05) is 24.3 Å². The Hall–Kier alpha value is -3.02. The molecule has 0 radical (unpaired) electrons. The van der Waals surface area contributed by atoms with E-state index in [0.717, 1.165) is 34.0 Å². The van der Waals surface area contributed by atoms with Crippen LogP contribution in [0.4, 0.5) is 11.4 Å². The maximum atomic E-state index is 5.86. The lowest BCUT2D eigenvalue weighted by Crippen LogP contribution is -2.21. The molecule has 0 aliphatic heterocycles. The largest absolute Gasteiger partial charge is 0.387 e. The van der Waals surface area contributed by atoms with Crippen molar-refractivity contribution in [2.75, 3.05) is 24.0 Å². The minimum absolute atomic E-state index is 0.0834. The van der Waals surface area contributed by atoms with Crippen molar-refractivity contribution in [1.82, 2.24) is 0 Å². The summed E-state index contributed by atoms with van der Waals surface area (Å²) in [5.74, 6) is 2.47. The van der Waals surface area contributed by atoms with E-state index in [4.69, 9.17) is 4.84 Å². The third kappa shape index (κ3) is 7.30. The standard InChI is InChI=1S/C37H44N2OS2/c1-25(2)27-10-7-11-28(22-27)33-16-5-6-17-34(33)29-12-9-15-32(24-29)39(4)21-20-26(3)40-38-31-14-8-13-30(23-31)37-35(41)18-19-36(37)42/h7-15,18-19,22-25,33-34,37-38,41-42H,3,5-6,16-17,20-21H2,1-2,4H3. The number of nitrogens with one attached hydrogen (secondary N) is 1. The van der Waals surface area contributed by atoms with Gasteiger partial charge < -0.3 is 9.74 Å². The molecule has 220 valence electrons. The minimum atomic E-state index is 0.0834. The third-order valence-corrected chi connectivity index (χ3v) is 9.60. The molecule has 3 aromatic carbocycles. The minimum Gasteiger partial charge on any atom is -0.387 e. The molecule has 5 rings (SSSR count). The molecule has 2 aliphatic carbocycles. The Labute approximate surface area is 263 Å². The van der Waals surface area contributed by atoms with Gasteiger partial charge in [0.25, 0.3) is 0 Å². The normalized spacial score (nSPS) is 18.9. The van der Waals surface area contributed by atoms with Crippen molar-refractivity contribution in [2.45, 2.75) is 69.6 Å². The van der Waals surface area contributed by atoms with E-state index in [2.05, 4.69) is 124 Å². The van der Waals surface area contributed by atoms with E-state index in [1.165, 1.54) is 48.1 Å². The predicted octanol–water partition coefficient (Wildman–Crippen LogP) is 10.4. The lowest BCUT2D eigenvalue weighted by Gasteiger charge is -2.33. The fourth-order valence-corrected chi connectivity index (χ4v) is 7.14. The van der Waals surface area contributed by atoms with Gasteiger partial charge in [-0.25, -0.2) is 5.48 Å². The monoisotopic (exact) mass is 596 g/mol. The molecule has 3 nitrogen and oxygen atoms in total. The number of hydrogen-bond acceptors (Lipinski definition) is 5.